The summed E-state index contributed by atoms with van der Waals surface area (Å²) in [6, 6.07) is 7.22. The van der Waals surface area contributed by atoms with E-state index in [2.05, 4.69) is 22.1 Å². The molecule has 152 valence electrons. The van der Waals surface area contributed by atoms with Crippen LogP contribution in [0.5, 0.6) is 0 Å². The summed E-state index contributed by atoms with van der Waals surface area (Å²) in [6.45, 7) is 6.26. The van der Waals surface area contributed by atoms with E-state index in [9.17, 15) is 8.42 Å². The quantitative estimate of drug-likeness (QED) is 0.388. The van der Waals surface area contributed by atoms with Crippen LogP contribution in [0.2, 0.25) is 0 Å². The Bertz CT molecular complexity index is 731. The van der Waals surface area contributed by atoms with Gasteiger partial charge in [-0.2, -0.15) is 4.31 Å². The monoisotopic (exact) mass is 506 g/mol. The molecule has 1 atom stereocenters. The van der Waals surface area contributed by atoms with E-state index in [1.807, 2.05) is 19.2 Å². The summed E-state index contributed by atoms with van der Waals surface area (Å²) in [7, 11) is -1.52. The smallest absolute Gasteiger partial charge is 0.243 e. The number of aliphatic imine (C=N–C) groups is 1. The highest BCUT2D eigenvalue weighted by Gasteiger charge is 2.27. The fourth-order valence-corrected chi connectivity index (χ4v) is 5.27. The van der Waals surface area contributed by atoms with Crippen LogP contribution in [0.1, 0.15) is 38.2 Å². The van der Waals surface area contributed by atoms with E-state index in [0.717, 1.165) is 37.5 Å². The summed E-state index contributed by atoms with van der Waals surface area (Å²) in [4.78, 5) is 7.09. The van der Waals surface area contributed by atoms with Gasteiger partial charge in [0, 0.05) is 39.8 Å². The molecule has 3 rings (SSSR count). The van der Waals surface area contributed by atoms with E-state index in [-0.39, 0.29) is 24.0 Å². The lowest BCUT2D eigenvalue weighted by molar-refractivity contribution is 0.266. The molecule has 0 amide bonds. The molecule has 2 aliphatic heterocycles. The summed E-state index contributed by atoms with van der Waals surface area (Å²) in [5.74, 6) is 1.61. The van der Waals surface area contributed by atoms with Crippen LogP contribution in [-0.2, 0) is 16.6 Å². The molecule has 0 radical (unpaired) electrons. The Morgan fingerprint density at radius 2 is 1.81 bits per heavy atom. The van der Waals surface area contributed by atoms with Gasteiger partial charge in [0.25, 0.3) is 0 Å². The van der Waals surface area contributed by atoms with Gasteiger partial charge in [-0.1, -0.05) is 19.1 Å². The second kappa shape index (κ2) is 10.1. The molecule has 2 heterocycles. The van der Waals surface area contributed by atoms with Crippen molar-refractivity contribution >= 4 is 40.0 Å². The van der Waals surface area contributed by atoms with Crippen LogP contribution < -0.4 is 5.32 Å². The number of hydrogen-bond donors (Lipinski definition) is 1. The number of nitrogens with zero attached hydrogens (tertiary/aromatic N) is 3. The highest BCUT2D eigenvalue weighted by molar-refractivity contribution is 14.0. The van der Waals surface area contributed by atoms with Crippen molar-refractivity contribution in [3.05, 3.63) is 29.8 Å². The number of halogens is 1. The summed E-state index contributed by atoms with van der Waals surface area (Å²) in [5, 5.41) is 3.41. The number of piperidine rings is 1. The molecule has 2 saturated heterocycles. The van der Waals surface area contributed by atoms with Crippen molar-refractivity contribution in [1.82, 2.24) is 14.5 Å². The molecule has 0 saturated carbocycles. The Morgan fingerprint density at radius 3 is 2.41 bits per heavy atom. The van der Waals surface area contributed by atoms with E-state index in [1.165, 1.54) is 12.8 Å². The average molecular weight is 506 g/mol. The van der Waals surface area contributed by atoms with Crippen molar-refractivity contribution in [2.24, 2.45) is 10.9 Å². The highest BCUT2D eigenvalue weighted by atomic mass is 127. The maximum absolute atomic E-state index is 12.6. The van der Waals surface area contributed by atoms with Crippen molar-refractivity contribution < 1.29 is 8.42 Å². The van der Waals surface area contributed by atoms with Crippen LogP contribution in [0.3, 0.4) is 0 Å². The lowest BCUT2D eigenvalue weighted by Gasteiger charge is -2.33. The molecule has 0 bridgehead atoms. The van der Waals surface area contributed by atoms with Gasteiger partial charge in [-0.3, -0.25) is 4.99 Å². The minimum Gasteiger partial charge on any atom is -0.352 e. The normalized spacial score (nSPS) is 21.8. The third-order valence-electron chi connectivity index (χ3n) is 5.25. The largest absolute Gasteiger partial charge is 0.352 e. The Morgan fingerprint density at radius 1 is 1.15 bits per heavy atom. The van der Waals surface area contributed by atoms with Crippen LogP contribution in [0.4, 0.5) is 0 Å². The summed E-state index contributed by atoms with van der Waals surface area (Å²) in [6.07, 6.45) is 4.39. The first-order chi connectivity index (χ1) is 12.5. The SMILES string of the molecule is CN=C(NCc1ccc(S(=O)(=O)N2CCCC2)cc1)N1CCCC(C)C1.I. The van der Waals surface area contributed by atoms with E-state index >= 15 is 0 Å². The number of hydrogen-bond acceptors (Lipinski definition) is 3. The van der Waals surface area contributed by atoms with E-state index in [0.29, 0.717) is 30.4 Å². The van der Waals surface area contributed by atoms with E-state index in [1.54, 1.807) is 16.4 Å². The Labute approximate surface area is 180 Å². The number of likely N-dealkylation sites (tertiary alicyclic amines) is 1. The second-order valence-electron chi connectivity index (χ2n) is 7.35. The van der Waals surface area contributed by atoms with Crippen LogP contribution in [0.15, 0.2) is 34.2 Å². The molecule has 1 N–H and O–H groups in total. The van der Waals surface area contributed by atoms with Gasteiger partial charge >= 0.3 is 0 Å². The minimum absolute atomic E-state index is 0. The van der Waals surface area contributed by atoms with Crippen LogP contribution in [-0.4, -0.2) is 56.8 Å². The zero-order chi connectivity index (χ0) is 18.6. The minimum atomic E-state index is -3.33. The summed E-state index contributed by atoms with van der Waals surface area (Å²) >= 11 is 0. The molecule has 1 aromatic rings. The van der Waals surface area contributed by atoms with Crippen LogP contribution in [0, 0.1) is 5.92 Å². The fraction of sp³-hybridized carbons (Fsp3) is 0.632. The Balaban J connectivity index is 0.00000261. The van der Waals surface area contributed by atoms with Gasteiger partial charge < -0.3 is 10.2 Å². The first kappa shape index (κ1) is 22.4. The van der Waals surface area contributed by atoms with Crippen molar-refractivity contribution in [2.45, 2.75) is 44.0 Å². The predicted octanol–water partition coefficient (Wildman–Crippen LogP) is 2.90. The molecule has 2 fully saturated rings. The summed E-state index contributed by atoms with van der Waals surface area (Å²) < 4.78 is 26.7. The molecule has 1 aromatic carbocycles. The first-order valence-corrected chi connectivity index (χ1v) is 11.0. The number of rotatable bonds is 4. The summed E-state index contributed by atoms with van der Waals surface area (Å²) in [5.41, 5.74) is 1.05. The third kappa shape index (κ3) is 5.57. The molecule has 6 nitrogen and oxygen atoms in total. The molecular formula is C19H31IN4O2S. The van der Waals surface area contributed by atoms with Crippen molar-refractivity contribution in [3.8, 4) is 0 Å². The zero-order valence-corrected chi connectivity index (χ0v) is 19.4. The molecule has 8 heteroatoms. The molecule has 0 aromatic heterocycles. The Hall–Kier alpha value is -0.870. The van der Waals surface area contributed by atoms with Crippen molar-refractivity contribution in [3.63, 3.8) is 0 Å². The molecule has 27 heavy (non-hydrogen) atoms. The maximum Gasteiger partial charge on any atom is 0.243 e. The van der Waals surface area contributed by atoms with Crippen molar-refractivity contribution in [1.29, 1.82) is 0 Å². The van der Waals surface area contributed by atoms with Gasteiger partial charge in [0.1, 0.15) is 0 Å². The molecule has 0 aliphatic carbocycles. The molecule has 1 unspecified atom stereocenters. The number of guanidine groups is 1. The second-order valence-corrected chi connectivity index (χ2v) is 9.29. The van der Waals surface area contributed by atoms with Gasteiger partial charge in [-0.05, 0) is 49.3 Å². The van der Waals surface area contributed by atoms with Crippen LogP contribution in [0.25, 0.3) is 0 Å². The number of nitrogens with one attached hydrogen (secondary N) is 1. The Kier molecular flexibility index (Phi) is 8.36. The standard InChI is InChI=1S/C19H30N4O2S.HI/c1-16-6-5-11-22(15-16)19(20-2)21-14-17-7-9-18(10-8-17)26(24,25)23-12-3-4-13-23;/h7-10,16H,3-6,11-15H2,1-2H3,(H,20,21);1H. The number of sulfonamides is 1. The lowest BCUT2D eigenvalue weighted by atomic mass is 10.0. The van der Waals surface area contributed by atoms with E-state index in [4.69, 9.17) is 0 Å². The molecular weight excluding hydrogens is 475 g/mol. The van der Waals surface area contributed by atoms with Gasteiger partial charge in [-0.25, -0.2) is 8.42 Å². The van der Waals surface area contributed by atoms with Crippen LogP contribution >= 0.6 is 24.0 Å². The van der Waals surface area contributed by atoms with Gasteiger partial charge in [0.2, 0.25) is 10.0 Å². The molecule has 0 spiro atoms. The highest BCUT2D eigenvalue weighted by Crippen LogP contribution is 2.21. The zero-order valence-electron chi connectivity index (χ0n) is 16.2. The van der Waals surface area contributed by atoms with Crippen molar-refractivity contribution in [2.75, 3.05) is 33.2 Å². The topological polar surface area (TPSA) is 65.0 Å². The lowest BCUT2D eigenvalue weighted by Crippen LogP contribution is -2.45. The van der Waals surface area contributed by atoms with Gasteiger partial charge in [-0.15, -0.1) is 24.0 Å². The molecule has 2 aliphatic rings. The predicted molar refractivity (Wildman–Crippen MR) is 120 cm³/mol. The van der Waals surface area contributed by atoms with Gasteiger partial charge in [0.05, 0.1) is 4.90 Å². The van der Waals surface area contributed by atoms with E-state index < -0.39 is 10.0 Å². The number of benzene rings is 1. The van der Waals surface area contributed by atoms with Gasteiger partial charge in [0.15, 0.2) is 5.96 Å². The maximum atomic E-state index is 12.6. The third-order valence-corrected chi connectivity index (χ3v) is 7.16. The average Bonchev–Trinajstić information content (AvgIpc) is 3.18. The fourth-order valence-electron chi connectivity index (χ4n) is 3.75. The first-order valence-electron chi connectivity index (χ1n) is 9.55.